The predicted molar refractivity (Wildman–Crippen MR) is 95.8 cm³/mol. The van der Waals surface area contributed by atoms with Crippen molar-refractivity contribution in [1.82, 2.24) is 13.9 Å². The average Bonchev–Trinajstić information content (AvgIpc) is 2.61. The molecule has 0 aliphatic heterocycles. The summed E-state index contributed by atoms with van der Waals surface area (Å²) < 4.78 is 58.0. The number of hydrogen-bond acceptors (Lipinski definition) is 5. The van der Waals surface area contributed by atoms with Gasteiger partial charge in [0.05, 0.1) is 22.4 Å². The average molecular weight is 405 g/mol. The number of benzene rings is 1. The van der Waals surface area contributed by atoms with E-state index in [-0.39, 0.29) is 30.0 Å². The predicted octanol–water partition coefficient (Wildman–Crippen LogP) is 0.763. The van der Waals surface area contributed by atoms with Gasteiger partial charge in [-0.25, -0.2) is 26.7 Å². The summed E-state index contributed by atoms with van der Waals surface area (Å²) in [5, 5.41) is 0.107. The van der Waals surface area contributed by atoms with Crippen molar-refractivity contribution in [3.05, 3.63) is 39.0 Å². The molecular formula is C16H21F2N3O5S. The molecule has 150 valence electrons. The zero-order chi connectivity index (χ0) is 20.2. The van der Waals surface area contributed by atoms with Crippen molar-refractivity contribution in [1.29, 1.82) is 0 Å². The van der Waals surface area contributed by atoms with Gasteiger partial charge in [0.1, 0.15) is 6.61 Å². The highest BCUT2D eigenvalue weighted by atomic mass is 32.2. The molecule has 11 heteroatoms. The Morgan fingerprint density at radius 2 is 1.81 bits per heavy atom. The quantitative estimate of drug-likeness (QED) is 0.621. The minimum atomic E-state index is -3.97. The third kappa shape index (κ3) is 4.60. The number of ether oxygens (including phenoxy) is 1. The fraction of sp³-hybridized carbons (Fsp3) is 0.500. The molecule has 0 saturated heterocycles. The van der Waals surface area contributed by atoms with Crippen LogP contribution in [-0.4, -0.2) is 43.7 Å². The monoisotopic (exact) mass is 405 g/mol. The Balaban J connectivity index is 2.37. The first-order chi connectivity index (χ1) is 12.7. The van der Waals surface area contributed by atoms with Gasteiger partial charge in [0.25, 0.3) is 12.0 Å². The van der Waals surface area contributed by atoms with Crippen molar-refractivity contribution in [2.45, 2.75) is 38.3 Å². The van der Waals surface area contributed by atoms with Crippen molar-refractivity contribution in [2.75, 3.05) is 19.8 Å². The van der Waals surface area contributed by atoms with Gasteiger partial charge in [0.2, 0.25) is 10.0 Å². The van der Waals surface area contributed by atoms with E-state index in [0.29, 0.717) is 12.1 Å². The van der Waals surface area contributed by atoms with Crippen LogP contribution in [0.1, 0.15) is 13.8 Å². The molecular weight excluding hydrogens is 384 g/mol. The third-order valence-electron chi connectivity index (χ3n) is 3.92. The number of hydrogen-bond donors (Lipinski definition) is 1. The van der Waals surface area contributed by atoms with E-state index in [1.807, 2.05) is 0 Å². The molecule has 0 unspecified atom stereocenters. The number of rotatable bonds is 9. The Morgan fingerprint density at radius 3 is 2.41 bits per heavy atom. The SMILES string of the molecule is CCn1c(=O)c2cc(S(=O)(=O)NCCOCC(F)F)ccc2n(CC)c1=O. The van der Waals surface area contributed by atoms with E-state index in [1.54, 1.807) is 13.8 Å². The van der Waals surface area contributed by atoms with E-state index in [2.05, 4.69) is 9.46 Å². The van der Waals surface area contributed by atoms with Gasteiger partial charge in [-0.15, -0.1) is 0 Å². The van der Waals surface area contributed by atoms with Crippen LogP contribution in [0.15, 0.2) is 32.7 Å². The van der Waals surface area contributed by atoms with E-state index in [1.165, 1.54) is 22.8 Å². The van der Waals surface area contributed by atoms with Crippen LogP contribution in [0.25, 0.3) is 10.9 Å². The number of nitrogens with one attached hydrogen (secondary N) is 1. The van der Waals surface area contributed by atoms with Gasteiger partial charge in [-0.1, -0.05) is 0 Å². The lowest BCUT2D eigenvalue weighted by molar-refractivity contribution is 0.0199. The maximum atomic E-state index is 12.5. The van der Waals surface area contributed by atoms with Gasteiger partial charge in [0, 0.05) is 19.6 Å². The third-order valence-corrected chi connectivity index (χ3v) is 5.38. The summed E-state index contributed by atoms with van der Waals surface area (Å²) in [6, 6.07) is 3.90. The highest BCUT2D eigenvalue weighted by Gasteiger charge is 2.18. The van der Waals surface area contributed by atoms with Crippen molar-refractivity contribution in [3.63, 3.8) is 0 Å². The van der Waals surface area contributed by atoms with Crippen LogP contribution in [0.2, 0.25) is 0 Å². The summed E-state index contributed by atoms with van der Waals surface area (Å²) in [5.41, 5.74) is -0.682. The molecule has 2 aromatic rings. The minimum Gasteiger partial charge on any atom is -0.374 e. The first kappa shape index (κ1) is 21.2. The summed E-state index contributed by atoms with van der Waals surface area (Å²) >= 11 is 0. The van der Waals surface area contributed by atoms with Crippen molar-refractivity contribution >= 4 is 20.9 Å². The Bertz CT molecular complexity index is 1030. The molecule has 0 aliphatic carbocycles. The van der Waals surface area contributed by atoms with Crippen LogP contribution in [0.4, 0.5) is 8.78 Å². The molecule has 0 fully saturated rings. The smallest absolute Gasteiger partial charge is 0.331 e. The molecule has 0 bridgehead atoms. The largest absolute Gasteiger partial charge is 0.374 e. The summed E-state index contributed by atoms with van der Waals surface area (Å²) in [4.78, 5) is 24.7. The molecule has 1 aromatic heterocycles. The molecule has 0 amide bonds. The Morgan fingerprint density at radius 1 is 1.15 bits per heavy atom. The molecule has 1 N–H and O–H groups in total. The number of sulfonamides is 1. The number of aryl methyl sites for hydroxylation is 1. The molecule has 0 saturated carbocycles. The highest BCUT2D eigenvalue weighted by Crippen LogP contribution is 2.15. The zero-order valence-corrected chi connectivity index (χ0v) is 15.8. The van der Waals surface area contributed by atoms with Gasteiger partial charge in [-0.3, -0.25) is 13.9 Å². The van der Waals surface area contributed by atoms with Gasteiger partial charge in [0.15, 0.2) is 0 Å². The lowest BCUT2D eigenvalue weighted by Gasteiger charge is -2.13. The van der Waals surface area contributed by atoms with Gasteiger partial charge in [-0.05, 0) is 32.0 Å². The fourth-order valence-corrected chi connectivity index (χ4v) is 3.70. The standard InChI is InChI=1S/C16H21F2N3O5S/c1-3-20-13-6-5-11(9-12(13)15(22)21(4-2)16(20)23)27(24,25)19-7-8-26-10-14(17)18/h5-6,9,14,19H,3-4,7-8,10H2,1-2H3. The van der Waals surface area contributed by atoms with Crippen molar-refractivity contribution < 1.29 is 21.9 Å². The number of nitrogens with zero attached hydrogens (tertiary/aromatic N) is 2. The first-order valence-electron chi connectivity index (χ1n) is 8.35. The second kappa shape index (κ2) is 8.72. The molecule has 8 nitrogen and oxygen atoms in total. The number of alkyl halides is 2. The maximum absolute atomic E-state index is 12.5. The molecule has 0 atom stereocenters. The van der Waals surface area contributed by atoms with E-state index in [0.717, 1.165) is 4.57 Å². The van der Waals surface area contributed by atoms with Crippen LogP contribution in [0.3, 0.4) is 0 Å². The van der Waals surface area contributed by atoms with Gasteiger partial charge < -0.3 is 4.74 Å². The number of fused-ring (bicyclic) bond motifs is 1. The van der Waals surface area contributed by atoms with E-state index < -0.39 is 34.3 Å². The maximum Gasteiger partial charge on any atom is 0.331 e. The molecule has 1 heterocycles. The van der Waals surface area contributed by atoms with Gasteiger partial charge in [-0.2, -0.15) is 0 Å². The highest BCUT2D eigenvalue weighted by molar-refractivity contribution is 7.89. The second-order valence-corrected chi connectivity index (χ2v) is 7.39. The molecule has 0 spiro atoms. The fourth-order valence-electron chi connectivity index (χ4n) is 2.66. The lowest BCUT2D eigenvalue weighted by atomic mass is 10.2. The first-order valence-corrected chi connectivity index (χ1v) is 9.84. The van der Waals surface area contributed by atoms with Crippen molar-refractivity contribution in [3.8, 4) is 0 Å². The topological polar surface area (TPSA) is 99.4 Å². The molecule has 1 aromatic carbocycles. The zero-order valence-electron chi connectivity index (χ0n) is 14.9. The molecule has 0 aliphatic rings. The molecule has 2 rings (SSSR count). The Labute approximate surface area is 154 Å². The number of halogens is 2. The summed E-state index contributed by atoms with van der Waals surface area (Å²) in [7, 11) is -3.97. The summed E-state index contributed by atoms with van der Waals surface area (Å²) in [6.07, 6.45) is -2.63. The second-order valence-electron chi connectivity index (χ2n) is 5.62. The van der Waals surface area contributed by atoms with Crippen LogP contribution < -0.4 is 16.0 Å². The van der Waals surface area contributed by atoms with Crippen LogP contribution in [-0.2, 0) is 27.8 Å². The number of aromatic nitrogens is 2. The van der Waals surface area contributed by atoms with Crippen molar-refractivity contribution in [2.24, 2.45) is 0 Å². The van der Waals surface area contributed by atoms with Gasteiger partial charge >= 0.3 is 5.69 Å². The summed E-state index contributed by atoms with van der Waals surface area (Å²) in [6.45, 7) is 2.69. The molecule has 0 radical (unpaired) electrons. The van der Waals surface area contributed by atoms with Crippen LogP contribution >= 0.6 is 0 Å². The van der Waals surface area contributed by atoms with E-state index in [4.69, 9.17) is 0 Å². The molecule has 27 heavy (non-hydrogen) atoms. The van der Waals surface area contributed by atoms with Crippen LogP contribution in [0, 0.1) is 0 Å². The normalized spacial score (nSPS) is 12.2. The Kier molecular flexibility index (Phi) is 6.84. The minimum absolute atomic E-state index is 0.107. The lowest BCUT2D eigenvalue weighted by Crippen LogP contribution is -2.39. The Hall–Kier alpha value is -2.11. The van der Waals surface area contributed by atoms with Crippen LogP contribution in [0.5, 0.6) is 0 Å². The van der Waals surface area contributed by atoms with E-state index in [9.17, 15) is 26.8 Å². The van der Waals surface area contributed by atoms with E-state index >= 15 is 0 Å². The summed E-state index contributed by atoms with van der Waals surface area (Å²) in [5.74, 6) is 0.